The molecule has 2 fully saturated rings. The van der Waals surface area contributed by atoms with Gasteiger partial charge in [-0.15, -0.1) is 0 Å². The van der Waals surface area contributed by atoms with Gasteiger partial charge >= 0.3 is 0 Å². The van der Waals surface area contributed by atoms with Crippen molar-refractivity contribution in [3.8, 4) is 0 Å². The largest absolute Gasteiger partial charge is 0.372 e. The SMILES string of the molecule is C[C@H](C(=O)N1C[C@H](C)O[C@@H](C)C1)[NH+]1CCN(c2cccc(Cl)c2)CC1. The van der Waals surface area contributed by atoms with Crippen LogP contribution in [0.4, 0.5) is 5.69 Å². The van der Waals surface area contributed by atoms with Crippen molar-refractivity contribution >= 4 is 23.2 Å². The Morgan fingerprint density at radius 3 is 2.48 bits per heavy atom. The molecule has 1 N–H and O–H groups in total. The highest BCUT2D eigenvalue weighted by atomic mass is 35.5. The second-order valence-electron chi connectivity index (χ2n) is 7.35. The van der Waals surface area contributed by atoms with E-state index in [-0.39, 0.29) is 24.2 Å². The summed E-state index contributed by atoms with van der Waals surface area (Å²) in [6.45, 7) is 11.4. The molecule has 2 aliphatic heterocycles. The number of morpholine rings is 1. The van der Waals surface area contributed by atoms with Gasteiger partial charge in [0.25, 0.3) is 5.91 Å². The number of carbonyl (C=O) groups excluding carboxylic acids is 1. The average Bonchev–Trinajstić information content (AvgIpc) is 2.60. The van der Waals surface area contributed by atoms with Gasteiger partial charge in [-0.3, -0.25) is 4.79 Å². The summed E-state index contributed by atoms with van der Waals surface area (Å²) in [7, 11) is 0. The first-order valence-electron chi connectivity index (χ1n) is 9.23. The normalized spacial score (nSPS) is 26.6. The number of anilines is 1. The second-order valence-corrected chi connectivity index (χ2v) is 7.78. The third-order valence-corrected chi connectivity index (χ3v) is 5.53. The number of hydrogen-bond acceptors (Lipinski definition) is 3. The molecule has 0 bridgehead atoms. The molecule has 0 aromatic heterocycles. The maximum absolute atomic E-state index is 12.9. The van der Waals surface area contributed by atoms with Crippen LogP contribution in [0.15, 0.2) is 24.3 Å². The molecule has 25 heavy (non-hydrogen) atoms. The number of piperazine rings is 1. The van der Waals surface area contributed by atoms with E-state index in [1.165, 1.54) is 10.6 Å². The van der Waals surface area contributed by atoms with Crippen LogP contribution < -0.4 is 9.80 Å². The molecule has 1 aromatic rings. The fourth-order valence-electron chi connectivity index (χ4n) is 3.96. The fraction of sp³-hybridized carbons (Fsp3) is 0.632. The van der Waals surface area contributed by atoms with Crippen molar-refractivity contribution in [2.75, 3.05) is 44.2 Å². The first kappa shape index (κ1) is 18.5. The molecule has 5 nitrogen and oxygen atoms in total. The molecule has 138 valence electrons. The van der Waals surface area contributed by atoms with Crippen molar-refractivity contribution in [3.63, 3.8) is 0 Å². The van der Waals surface area contributed by atoms with E-state index in [1.807, 2.05) is 36.9 Å². The number of hydrogen-bond donors (Lipinski definition) is 1. The van der Waals surface area contributed by atoms with Gasteiger partial charge < -0.3 is 19.4 Å². The van der Waals surface area contributed by atoms with Crippen LogP contribution in [0.5, 0.6) is 0 Å². The van der Waals surface area contributed by atoms with Crippen LogP contribution in [0.1, 0.15) is 20.8 Å². The van der Waals surface area contributed by atoms with Gasteiger partial charge in [0.1, 0.15) is 0 Å². The molecule has 0 spiro atoms. The zero-order valence-electron chi connectivity index (χ0n) is 15.4. The number of nitrogens with zero attached hydrogens (tertiary/aromatic N) is 2. The minimum Gasteiger partial charge on any atom is -0.372 e. The highest BCUT2D eigenvalue weighted by molar-refractivity contribution is 6.30. The number of rotatable bonds is 3. The average molecular weight is 367 g/mol. The number of carbonyl (C=O) groups is 1. The molecule has 2 aliphatic rings. The van der Waals surface area contributed by atoms with Gasteiger partial charge in [-0.2, -0.15) is 0 Å². The molecule has 0 aliphatic carbocycles. The molecule has 3 rings (SSSR count). The van der Waals surface area contributed by atoms with Crippen LogP contribution in [0, 0.1) is 0 Å². The van der Waals surface area contributed by atoms with Gasteiger partial charge in [0, 0.05) is 23.8 Å². The third-order valence-electron chi connectivity index (χ3n) is 5.29. The van der Waals surface area contributed by atoms with Gasteiger partial charge in [0.15, 0.2) is 6.04 Å². The van der Waals surface area contributed by atoms with E-state index in [0.717, 1.165) is 31.2 Å². The summed E-state index contributed by atoms with van der Waals surface area (Å²) >= 11 is 6.10. The van der Waals surface area contributed by atoms with E-state index in [9.17, 15) is 4.79 Å². The first-order valence-corrected chi connectivity index (χ1v) is 9.61. The molecule has 2 heterocycles. The van der Waals surface area contributed by atoms with Gasteiger partial charge in [-0.05, 0) is 39.0 Å². The van der Waals surface area contributed by atoms with E-state index >= 15 is 0 Å². The Bertz CT molecular complexity index is 594. The number of amides is 1. The summed E-state index contributed by atoms with van der Waals surface area (Å²) in [6.07, 6.45) is 0.240. The highest BCUT2D eigenvalue weighted by Crippen LogP contribution is 2.19. The molecule has 0 saturated carbocycles. The summed E-state index contributed by atoms with van der Waals surface area (Å²) in [6, 6.07) is 8.00. The maximum atomic E-state index is 12.9. The number of halogens is 1. The predicted molar refractivity (Wildman–Crippen MR) is 100 cm³/mol. The lowest BCUT2D eigenvalue weighted by Crippen LogP contribution is -3.19. The Hall–Kier alpha value is -1.30. The Balaban J connectivity index is 1.56. The Kier molecular flexibility index (Phi) is 5.87. The lowest BCUT2D eigenvalue weighted by atomic mass is 10.1. The monoisotopic (exact) mass is 366 g/mol. The lowest BCUT2D eigenvalue weighted by molar-refractivity contribution is -0.915. The standard InChI is InChI=1S/C19H28ClN3O2/c1-14-12-23(13-15(2)25-14)19(24)16(3)21-7-9-22(10-8-21)18-6-4-5-17(20)11-18/h4-6,11,14-16H,7-10,12-13H2,1-3H3/p+1/t14-,15-,16+/m0/s1. The minimum atomic E-state index is -0.000915. The summed E-state index contributed by atoms with van der Waals surface area (Å²) in [5.41, 5.74) is 1.17. The molecule has 0 radical (unpaired) electrons. The number of quaternary nitrogens is 1. The van der Waals surface area contributed by atoms with Crippen molar-refractivity contribution in [2.24, 2.45) is 0 Å². The Labute approximate surface area is 155 Å². The Morgan fingerprint density at radius 2 is 1.88 bits per heavy atom. The van der Waals surface area contributed by atoms with Gasteiger partial charge in [-0.1, -0.05) is 17.7 Å². The zero-order chi connectivity index (χ0) is 18.0. The van der Waals surface area contributed by atoms with Crippen LogP contribution in [-0.2, 0) is 9.53 Å². The van der Waals surface area contributed by atoms with Crippen LogP contribution in [0.2, 0.25) is 5.02 Å². The molecule has 2 saturated heterocycles. The van der Waals surface area contributed by atoms with Crippen molar-refractivity contribution < 1.29 is 14.4 Å². The van der Waals surface area contributed by atoms with Crippen LogP contribution in [0.25, 0.3) is 0 Å². The van der Waals surface area contributed by atoms with E-state index < -0.39 is 0 Å². The number of ether oxygens (including phenoxy) is 1. The summed E-state index contributed by atoms with van der Waals surface area (Å²) < 4.78 is 5.75. The van der Waals surface area contributed by atoms with Crippen molar-refractivity contribution in [1.82, 2.24) is 4.90 Å². The highest BCUT2D eigenvalue weighted by Gasteiger charge is 2.35. The molecular weight excluding hydrogens is 338 g/mol. The summed E-state index contributed by atoms with van der Waals surface area (Å²) in [5, 5.41) is 0.770. The maximum Gasteiger partial charge on any atom is 0.280 e. The van der Waals surface area contributed by atoms with Gasteiger partial charge in [0.2, 0.25) is 0 Å². The van der Waals surface area contributed by atoms with E-state index in [4.69, 9.17) is 16.3 Å². The van der Waals surface area contributed by atoms with Gasteiger partial charge in [-0.25, -0.2) is 0 Å². The summed E-state index contributed by atoms with van der Waals surface area (Å²) in [5.74, 6) is 0.258. The smallest absolute Gasteiger partial charge is 0.280 e. The minimum absolute atomic E-state index is 0.000915. The molecule has 1 amide bonds. The lowest BCUT2D eigenvalue weighted by Gasteiger charge is -2.40. The first-order chi connectivity index (χ1) is 11.9. The zero-order valence-corrected chi connectivity index (χ0v) is 16.1. The van der Waals surface area contributed by atoms with Crippen LogP contribution in [0.3, 0.4) is 0 Å². The second kappa shape index (κ2) is 7.94. The van der Waals surface area contributed by atoms with Crippen LogP contribution in [-0.4, -0.2) is 68.3 Å². The molecule has 1 aromatic carbocycles. The van der Waals surface area contributed by atoms with Gasteiger partial charge in [0.05, 0.1) is 38.4 Å². The predicted octanol–water partition coefficient (Wildman–Crippen LogP) is 1.07. The van der Waals surface area contributed by atoms with Crippen molar-refractivity contribution in [1.29, 1.82) is 0 Å². The quantitative estimate of drug-likeness (QED) is 0.869. The summed E-state index contributed by atoms with van der Waals surface area (Å²) in [4.78, 5) is 18.6. The molecule has 0 unspecified atom stereocenters. The molecular formula is C19H29ClN3O2+. The number of nitrogens with one attached hydrogen (secondary N) is 1. The van der Waals surface area contributed by atoms with E-state index in [2.05, 4.69) is 17.9 Å². The van der Waals surface area contributed by atoms with Crippen molar-refractivity contribution in [2.45, 2.75) is 39.0 Å². The number of benzene rings is 1. The third kappa shape index (κ3) is 4.46. The topological polar surface area (TPSA) is 37.2 Å². The van der Waals surface area contributed by atoms with E-state index in [0.29, 0.717) is 13.1 Å². The fourth-order valence-corrected chi connectivity index (χ4v) is 4.15. The molecule has 6 heteroatoms. The van der Waals surface area contributed by atoms with Crippen molar-refractivity contribution in [3.05, 3.63) is 29.3 Å². The Morgan fingerprint density at radius 1 is 1.24 bits per heavy atom. The van der Waals surface area contributed by atoms with Crippen LogP contribution >= 0.6 is 11.6 Å². The van der Waals surface area contributed by atoms with E-state index in [1.54, 1.807) is 0 Å². The molecule has 3 atom stereocenters.